The number of benzene rings is 2. The van der Waals surface area contributed by atoms with E-state index in [4.69, 9.17) is 9.47 Å². The fraction of sp³-hybridized carbons (Fsp3) is 0.188. The largest absolute Gasteiger partial charge is 0.508 e. The van der Waals surface area contributed by atoms with E-state index in [1.165, 1.54) is 0 Å². The first-order valence-corrected chi connectivity index (χ1v) is 6.54. The highest BCUT2D eigenvalue weighted by Crippen LogP contribution is 2.26. The van der Waals surface area contributed by atoms with Gasteiger partial charge in [0.2, 0.25) is 0 Å². The number of carbonyl (C=O) groups is 1. The Morgan fingerprint density at radius 2 is 1.50 bits per heavy atom. The van der Waals surface area contributed by atoms with Gasteiger partial charge in [-0.2, -0.15) is 0 Å². The van der Waals surface area contributed by atoms with Gasteiger partial charge in [0.1, 0.15) is 6.61 Å². The molecule has 0 spiro atoms. The van der Waals surface area contributed by atoms with Gasteiger partial charge in [0.25, 0.3) is 0 Å². The van der Waals surface area contributed by atoms with Crippen molar-refractivity contribution in [3.63, 3.8) is 0 Å². The highest BCUT2D eigenvalue weighted by molar-refractivity contribution is 5.65. The van der Waals surface area contributed by atoms with Crippen LogP contribution in [-0.2, 0) is 9.47 Å². The lowest BCUT2D eigenvalue weighted by Crippen LogP contribution is -2.30. The van der Waals surface area contributed by atoms with Crippen LogP contribution in [0.5, 0.6) is 0 Å². The predicted octanol–water partition coefficient (Wildman–Crippen LogP) is 3.36. The maximum absolute atomic E-state index is 11.0. The minimum absolute atomic E-state index is 0.247. The molecule has 102 valence electrons. The molecule has 20 heavy (non-hydrogen) atoms. The van der Waals surface area contributed by atoms with Crippen LogP contribution in [0.3, 0.4) is 0 Å². The predicted molar refractivity (Wildman–Crippen MR) is 76.1 cm³/mol. The summed E-state index contributed by atoms with van der Waals surface area (Å²) in [7, 11) is 0. The molecule has 2 aromatic rings. The number of nitrogens with zero attached hydrogens (tertiary/aromatic N) is 1. The second kappa shape index (κ2) is 5.65. The first-order chi connectivity index (χ1) is 9.83. The molecule has 0 amide bonds. The second-order valence-electron chi connectivity index (χ2n) is 4.58. The molecule has 0 radical (unpaired) electrons. The van der Waals surface area contributed by atoms with Gasteiger partial charge in [-0.1, -0.05) is 36.4 Å². The maximum atomic E-state index is 11.0. The Morgan fingerprint density at radius 3 is 1.95 bits per heavy atom. The van der Waals surface area contributed by atoms with E-state index in [2.05, 4.69) is 4.90 Å². The monoisotopic (exact) mass is 269 g/mol. The number of rotatable bonds is 4. The molecule has 0 bridgehead atoms. The molecule has 1 fully saturated rings. The van der Waals surface area contributed by atoms with Gasteiger partial charge in [0.15, 0.2) is 6.10 Å². The first-order valence-electron chi connectivity index (χ1n) is 6.54. The van der Waals surface area contributed by atoms with E-state index < -0.39 is 6.16 Å². The SMILES string of the molecule is O=C1OC[C@@H](CN(c2ccccc2)c2ccccc2)O1. The number of hydrogen-bond donors (Lipinski definition) is 0. The molecule has 1 atom stereocenters. The number of anilines is 2. The van der Waals surface area contributed by atoms with Crippen LogP contribution in [0.15, 0.2) is 60.7 Å². The van der Waals surface area contributed by atoms with Gasteiger partial charge in [-0.05, 0) is 24.3 Å². The van der Waals surface area contributed by atoms with Gasteiger partial charge >= 0.3 is 6.16 Å². The molecule has 1 saturated heterocycles. The molecule has 0 saturated carbocycles. The molecule has 0 aliphatic carbocycles. The zero-order valence-electron chi connectivity index (χ0n) is 10.9. The Balaban J connectivity index is 1.86. The Bertz CT molecular complexity index is 531. The molecule has 4 nitrogen and oxygen atoms in total. The molecule has 2 aromatic carbocycles. The number of hydrogen-bond acceptors (Lipinski definition) is 4. The smallest absolute Gasteiger partial charge is 0.430 e. The average Bonchev–Trinajstić information content (AvgIpc) is 2.92. The Labute approximate surface area is 117 Å². The van der Waals surface area contributed by atoms with E-state index in [0.717, 1.165) is 11.4 Å². The third kappa shape index (κ3) is 2.74. The summed E-state index contributed by atoms with van der Waals surface area (Å²) >= 11 is 0. The first kappa shape index (κ1) is 12.5. The molecule has 1 aliphatic heterocycles. The van der Waals surface area contributed by atoms with Crippen molar-refractivity contribution in [3.8, 4) is 0 Å². The van der Waals surface area contributed by atoms with Crippen molar-refractivity contribution in [2.45, 2.75) is 6.10 Å². The van der Waals surface area contributed by atoms with E-state index in [1.54, 1.807) is 0 Å². The second-order valence-corrected chi connectivity index (χ2v) is 4.58. The van der Waals surface area contributed by atoms with E-state index in [9.17, 15) is 4.79 Å². The zero-order valence-corrected chi connectivity index (χ0v) is 10.9. The molecule has 0 aromatic heterocycles. The van der Waals surface area contributed by atoms with Crippen molar-refractivity contribution < 1.29 is 14.3 Å². The quantitative estimate of drug-likeness (QED) is 0.798. The number of para-hydroxylation sites is 2. The lowest BCUT2D eigenvalue weighted by molar-refractivity contribution is 0.119. The van der Waals surface area contributed by atoms with Crippen molar-refractivity contribution in [2.24, 2.45) is 0 Å². The minimum atomic E-state index is -0.587. The van der Waals surface area contributed by atoms with Gasteiger partial charge in [-0.3, -0.25) is 0 Å². The molecule has 4 heteroatoms. The van der Waals surface area contributed by atoms with Crippen LogP contribution in [0.4, 0.5) is 16.2 Å². The van der Waals surface area contributed by atoms with Crippen LogP contribution in [-0.4, -0.2) is 25.4 Å². The number of carbonyl (C=O) groups excluding carboxylic acids is 1. The van der Waals surface area contributed by atoms with Crippen LogP contribution >= 0.6 is 0 Å². The fourth-order valence-corrected chi connectivity index (χ4v) is 2.23. The van der Waals surface area contributed by atoms with E-state index >= 15 is 0 Å². The summed E-state index contributed by atoms with van der Waals surface area (Å²) in [6.07, 6.45) is -0.834. The van der Waals surface area contributed by atoms with Crippen molar-refractivity contribution in [3.05, 3.63) is 60.7 Å². The summed E-state index contributed by atoms with van der Waals surface area (Å²) < 4.78 is 9.98. The van der Waals surface area contributed by atoms with Crippen LogP contribution < -0.4 is 4.90 Å². The highest BCUT2D eigenvalue weighted by Gasteiger charge is 2.27. The van der Waals surface area contributed by atoms with Gasteiger partial charge in [0.05, 0.1) is 6.54 Å². The van der Waals surface area contributed by atoms with Gasteiger partial charge in [-0.15, -0.1) is 0 Å². The summed E-state index contributed by atoms with van der Waals surface area (Å²) in [4.78, 5) is 13.2. The summed E-state index contributed by atoms with van der Waals surface area (Å²) in [6.45, 7) is 0.870. The molecular weight excluding hydrogens is 254 g/mol. The average molecular weight is 269 g/mol. The summed E-state index contributed by atoms with van der Waals surface area (Å²) in [6, 6.07) is 20.0. The fourth-order valence-electron chi connectivity index (χ4n) is 2.23. The zero-order chi connectivity index (χ0) is 13.8. The third-order valence-corrected chi connectivity index (χ3v) is 3.17. The molecule has 0 N–H and O–H groups in total. The Hall–Kier alpha value is -2.49. The Morgan fingerprint density at radius 1 is 0.950 bits per heavy atom. The van der Waals surface area contributed by atoms with Crippen LogP contribution in [0, 0.1) is 0 Å². The normalized spacial score (nSPS) is 17.4. The van der Waals surface area contributed by atoms with Crippen LogP contribution in [0.1, 0.15) is 0 Å². The van der Waals surface area contributed by atoms with E-state index in [1.807, 2.05) is 60.7 Å². The Kier molecular flexibility index (Phi) is 3.54. The molecule has 1 aliphatic rings. The summed E-state index contributed by atoms with van der Waals surface area (Å²) in [5, 5.41) is 0. The number of ether oxygens (including phenoxy) is 2. The minimum Gasteiger partial charge on any atom is -0.430 e. The van der Waals surface area contributed by atoms with Crippen molar-refractivity contribution in [1.29, 1.82) is 0 Å². The van der Waals surface area contributed by atoms with Gasteiger partial charge < -0.3 is 14.4 Å². The standard InChI is InChI=1S/C16H15NO3/c18-16-19-12-15(20-16)11-17(13-7-3-1-4-8-13)14-9-5-2-6-10-14/h1-10,15H,11-12H2/t15-/m1/s1. The van der Waals surface area contributed by atoms with Crippen LogP contribution in [0.2, 0.25) is 0 Å². The van der Waals surface area contributed by atoms with E-state index in [-0.39, 0.29) is 6.10 Å². The van der Waals surface area contributed by atoms with E-state index in [0.29, 0.717) is 13.2 Å². The lowest BCUT2D eigenvalue weighted by Gasteiger charge is -2.26. The maximum Gasteiger partial charge on any atom is 0.508 e. The summed E-state index contributed by atoms with van der Waals surface area (Å²) in [5.41, 5.74) is 2.11. The molecule has 1 heterocycles. The van der Waals surface area contributed by atoms with Crippen molar-refractivity contribution in [2.75, 3.05) is 18.1 Å². The lowest BCUT2D eigenvalue weighted by atomic mass is 10.2. The third-order valence-electron chi connectivity index (χ3n) is 3.17. The van der Waals surface area contributed by atoms with Crippen LogP contribution in [0.25, 0.3) is 0 Å². The summed E-state index contributed by atoms with van der Waals surface area (Å²) in [5.74, 6) is 0. The molecular formula is C16H15NO3. The molecule has 0 unspecified atom stereocenters. The van der Waals surface area contributed by atoms with Gasteiger partial charge in [-0.25, -0.2) is 4.79 Å². The topological polar surface area (TPSA) is 38.8 Å². The van der Waals surface area contributed by atoms with Gasteiger partial charge in [0, 0.05) is 11.4 Å². The highest BCUT2D eigenvalue weighted by atomic mass is 16.8. The number of cyclic esters (lactones) is 2. The molecule has 3 rings (SSSR count). The van der Waals surface area contributed by atoms with Crippen molar-refractivity contribution in [1.82, 2.24) is 0 Å². The van der Waals surface area contributed by atoms with Crippen molar-refractivity contribution >= 4 is 17.5 Å².